The molecule has 0 atom stereocenters. The zero-order valence-corrected chi connectivity index (χ0v) is 8.08. The van der Waals surface area contributed by atoms with Gasteiger partial charge >= 0.3 is 0 Å². The van der Waals surface area contributed by atoms with Gasteiger partial charge in [0.05, 0.1) is 5.71 Å². The van der Waals surface area contributed by atoms with Crippen LogP contribution in [-0.2, 0) is 0 Å². The van der Waals surface area contributed by atoms with E-state index < -0.39 is 0 Å². The normalized spacial score (nSPS) is 11.5. The second kappa shape index (κ2) is 4.03. The molecule has 0 radical (unpaired) electrons. The van der Waals surface area contributed by atoms with Crippen molar-refractivity contribution in [2.45, 2.75) is 6.92 Å². The maximum Gasteiger partial charge on any atom is 0.123 e. The minimum absolute atomic E-state index is 0.231. The van der Waals surface area contributed by atoms with Gasteiger partial charge in [0.25, 0.3) is 0 Å². The van der Waals surface area contributed by atoms with Crippen molar-refractivity contribution < 1.29 is 4.39 Å². The predicted molar refractivity (Wildman–Crippen MR) is 52.3 cm³/mol. The predicted octanol–water partition coefficient (Wildman–Crippen LogP) is 2.11. The van der Waals surface area contributed by atoms with E-state index >= 15 is 0 Å². The molecule has 3 heteroatoms. The Morgan fingerprint density at radius 1 is 1.38 bits per heavy atom. The molecule has 13 heavy (non-hydrogen) atoms. The van der Waals surface area contributed by atoms with Gasteiger partial charge in [0, 0.05) is 19.7 Å². The van der Waals surface area contributed by atoms with Crippen LogP contribution in [0.4, 0.5) is 4.39 Å². The summed E-state index contributed by atoms with van der Waals surface area (Å²) in [6.07, 6.45) is 0. The fraction of sp³-hybridized carbons (Fsp3) is 0.300. The molecule has 1 aromatic carbocycles. The summed E-state index contributed by atoms with van der Waals surface area (Å²) < 4.78 is 12.8. The van der Waals surface area contributed by atoms with Crippen LogP contribution in [0.15, 0.2) is 29.4 Å². The van der Waals surface area contributed by atoms with Crippen LogP contribution in [0, 0.1) is 5.82 Å². The van der Waals surface area contributed by atoms with Crippen molar-refractivity contribution in [3.63, 3.8) is 0 Å². The first-order valence-electron chi connectivity index (χ1n) is 4.08. The minimum Gasteiger partial charge on any atom is -0.303 e. The lowest BCUT2D eigenvalue weighted by Gasteiger charge is -2.07. The van der Waals surface area contributed by atoms with Crippen LogP contribution in [0.3, 0.4) is 0 Å². The molecule has 1 rings (SSSR count). The minimum atomic E-state index is -0.231. The Morgan fingerprint density at radius 3 is 2.62 bits per heavy atom. The molecule has 70 valence electrons. The quantitative estimate of drug-likeness (QED) is 0.502. The Hall–Kier alpha value is -1.38. The molecule has 0 aliphatic carbocycles. The van der Waals surface area contributed by atoms with Crippen molar-refractivity contribution in [3.05, 3.63) is 35.6 Å². The summed E-state index contributed by atoms with van der Waals surface area (Å²) in [5.74, 6) is -0.231. The molecule has 0 aliphatic rings. The first-order chi connectivity index (χ1) is 6.09. The molecule has 0 fully saturated rings. The third kappa shape index (κ3) is 2.86. The van der Waals surface area contributed by atoms with Gasteiger partial charge in [-0.2, -0.15) is 5.10 Å². The van der Waals surface area contributed by atoms with E-state index in [1.807, 2.05) is 27.1 Å². The summed E-state index contributed by atoms with van der Waals surface area (Å²) in [5.41, 5.74) is 1.62. The van der Waals surface area contributed by atoms with E-state index in [4.69, 9.17) is 0 Å². The molecule has 0 unspecified atom stereocenters. The Kier molecular flexibility index (Phi) is 3.01. The van der Waals surface area contributed by atoms with E-state index in [2.05, 4.69) is 5.10 Å². The van der Waals surface area contributed by atoms with Crippen LogP contribution in [0.25, 0.3) is 0 Å². The summed E-state index contributed by atoms with van der Waals surface area (Å²) in [6.45, 7) is 1.86. The zero-order valence-electron chi connectivity index (χ0n) is 8.08. The summed E-state index contributed by atoms with van der Waals surface area (Å²) >= 11 is 0. The number of hydrogen-bond donors (Lipinski definition) is 0. The highest BCUT2D eigenvalue weighted by atomic mass is 19.1. The lowest BCUT2D eigenvalue weighted by atomic mass is 10.1. The molecule has 2 nitrogen and oxygen atoms in total. The number of hydrazone groups is 1. The molecule has 0 aliphatic heterocycles. The Labute approximate surface area is 77.7 Å². The van der Waals surface area contributed by atoms with Gasteiger partial charge in [0.1, 0.15) is 5.82 Å². The fourth-order valence-corrected chi connectivity index (χ4v) is 1.07. The number of nitrogens with zero attached hydrogens (tertiary/aromatic N) is 2. The Bertz CT molecular complexity index is 318. The van der Waals surface area contributed by atoms with Crippen molar-refractivity contribution in [2.24, 2.45) is 5.10 Å². The van der Waals surface area contributed by atoms with E-state index in [1.165, 1.54) is 12.1 Å². The highest BCUT2D eigenvalue weighted by Gasteiger charge is 1.98. The standard InChI is InChI=1S/C10H13FN2/c1-8(12-13(2)3)9-5-4-6-10(11)7-9/h4-7H,1-3H3/b12-8+. The lowest BCUT2D eigenvalue weighted by molar-refractivity contribution is 0.438. The second-order valence-corrected chi connectivity index (χ2v) is 3.04. The van der Waals surface area contributed by atoms with Crippen LogP contribution in [0.2, 0.25) is 0 Å². The number of halogens is 1. The van der Waals surface area contributed by atoms with Gasteiger partial charge < -0.3 is 5.01 Å². The molecule has 0 bridgehead atoms. The monoisotopic (exact) mass is 180 g/mol. The van der Waals surface area contributed by atoms with E-state index in [-0.39, 0.29) is 5.82 Å². The van der Waals surface area contributed by atoms with Gasteiger partial charge in [0.15, 0.2) is 0 Å². The highest BCUT2D eigenvalue weighted by Crippen LogP contribution is 2.05. The van der Waals surface area contributed by atoms with Crippen molar-refractivity contribution >= 4 is 5.71 Å². The Balaban J connectivity index is 2.95. The molecule has 0 amide bonds. The smallest absolute Gasteiger partial charge is 0.123 e. The lowest BCUT2D eigenvalue weighted by Crippen LogP contribution is -2.07. The molecule has 1 aromatic rings. The first kappa shape index (κ1) is 9.71. The first-order valence-corrected chi connectivity index (χ1v) is 4.08. The topological polar surface area (TPSA) is 15.6 Å². The van der Waals surface area contributed by atoms with Crippen LogP contribution in [0.5, 0.6) is 0 Å². The van der Waals surface area contributed by atoms with Crippen molar-refractivity contribution in [3.8, 4) is 0 Å². The molecule has 0 spiro atoms. The molecular weight excluding hydrogens is 167 g/mol. The van der Waals surface area contributed by atoms with Gasteiger partial charge in [-0.05, 0) is 19.1 Å². The van der Waals surface area contributed by atoms with Gasteiger partial charge in [-0.3, -0.25) is 0 Å². The zero-order chi connectivity index (χ0) is 9.84. The van der Waals surface area contributed by atoms with E-state index in [0.29, 0.717) is 0 Å². The van der Waals surface area contributed by atoms with Gasteiger partial charge in [0.2, 0.25) is 0 Å². The molecule has 0 N–H and O–H groups in total. The molecule has 0 saturated heterocycles. The molecule has 0 aromatic heterocycles. The average molecular weight is 180 g/mol. The van der Waals surface area contributed by atoms with Gasteiger partial charge in [-0.1, -0.05) is 12.1 Å². The van der Waals surface area contributed by atoms with Crippen LogP contribution < -0.4 is 0 Å². The van der Waals surface area contributed by atoms with Crippen molar-refractivity contribution in [1.82, 2.24) is 5.01 Å². The molecule has 0 heterocycles. The number of benzene rings is 1. The van der Waals surface area contributed by atoms with Crippen LogP contribution >= 0.6 is 0 Å². The second-order valence-electron chi connectivity index (χ2n) is 3.04. The SMILES string of the molecule is C/C(=N\N(C)C)c1cccc(F)c1. The summed E-state index contributed by atoms with van der Waals surface area (Å²) in [6, 6.07) is 6.42. The van der Waals surface area contributed by atoms with Gasteiger partial charge in [-0.15, -0.1) is 0 Å². The fourth-order valence-electron chi connectivity index (χ4n) is 1.07. The molecule has 0 saturated carbocycles. The van der Waals surface area contributed by atoms with Crippen LogP contribution in [0.1, 0.15) is 12.5 Å². The van der Waals surface area contributed by atoms with Crippen molar-refractivity contribution in [2.75, 3.05) is 14.1 Å². The third-order valence-electron chi connectivity index (χ3n) is 1.59. The maximum atomic E-state index is 12.8. The van der Waals surface area contributed by atoms with E-state index in [9.17, 15) is 4.39 Å². The number of hydrogen-bond acceptors (Lipinski definition) is 2. The number of rotatable bonds is 2. The Morgan fingerprint density at radius 2 is 2.08 bits per heavy atom. The third-order valence-corrected chi connectivity index (χ3v) is 1.59. The van der Waals surface area contributed by atoms with E-state index in [0.717, 1.165) is 11.3 Å². The van der Waals surface area contributed by atoms with Crippen molar-refractivity contribution in [1.29, 1.82) is 0 Å². The highest BCUT2D eigenvalue weighted by molar-refractivity contribution is 5.98. The van der Waals surface area contributed by atoms with Gasteiger partial charge in [-0.25, -0.2) is 4.39 Å². The van der Waals surface area contributed by atoms with E-state index in [1.54, 1.807) is 11.1 Å². The summed E-state index contributed by atoms with van der Waals surface area (Å²) in [5, 5.41) is 5.87. The maximum absolute atomic E-state index is 12.8. The molecular formula is C10H13FN2. The summed E-state index contributed by atoms with van der Waals surface area (Å²) in [4.78, 5) is 0. The average Bonchev–Trinajstić information content (AvgIpc) is 2.03. The largest absolute Gasteiger partial charge is 0.303 e. The summed E-state index contributed by atoms with van der Waals surface area (Å²) in [7, 11) is 3.67. The van der Waals surface area contributed by atoms with Crippen LogP contribution in [-0.4, -0.2) is 24.8 Å².